The molecule has 202 valence electrons. The third kappa shape index (κ3) is 3.62. The molecule has 0 saturated heterocycles. The van der Waals surface area contributed by atoms with Crippen molar-refractivity contribution in [2.45, 2.75) is 0 Å². The van der Waals surface area contributed by atoms with Gasteiger partial charge in [-0.25, -0.2) is 0 Å². The number of pyridine rings is 2. The van der Waals surface area contributed by atoms with Crippen molar-refractivity contribution in [1.29, 1.82) is 0 Å². The summed E-state index contributed by atoms with van der Waals surface area (Å²) in [6, 6.07) is 41.5. The van der Waals surface area contributed by atoms with Gasteiger partial charge in [0.1, 0.15) is 0 Å². The van der Waals surface area contributed by atoms with E-state index in [1.165, 1.54) is 54.1 Å². The average Bonchev–Trinajstić information content (AvgIpc) is 3.39. The molecule has 0 spiro atoms. The molecule has 5 heteroatoms. The summed E-state index contributed by atoms with van der Waals surface area (Å²) < 4.78 is 3.55. The van der Waals surface area contributed by atoms with Crippen LogP contribution < -0.4 is 4.90 Å². The molecule has 6 aromatic carbocycles. The van der Waals surface area contributed by atoms with Crippen LogP contribution in [0.4, 0.5) is 17.1 Å². The van der Waals surface area contributed by atoms with Crippen LogP contribution in [0.5, 0.6) is 0 Å². The predicted molar refractivity (Wildman–Crippen MR) is 182 cm³/mol. The molecule has 4 nitrogen and oxygen atoms in total. The molecular weight excluding hydrogens is 592 g/mol. The van der Waals surface area contributed by atoms with Gasteiger partial charge in [-0.15, -0.1) is 0 Å². The monoisotopic (exact) mass is 614 g/mol. The number of para-hydroxylation sites is 1. The number of nitrogens with zero attached hydrogens (tertiary/aromatic N) is 4. The van der Waals surface area contributed by atoms with Crippen LogP contribution in [0.2, 0.25) is 0 Å². The number of halogens is 1. The lowest BCUT2D eigenvalue weighted by Crippen LogP contribution is -2.09. The van der Waals surface area contributed by atoms with Gasteiger partial charge in [0.15, 0.2) is 0 Å². The molecule has 9 aromatic rings. The molecular formula is C38H23BrN4. The van der Waals surface area contributed by atoms with Gasteiger partial charge in [0.25, 0.3) is 0 Å². The predicted octanol–water partition coefficient (Wildman–Crippen LogP) is 10.7. The molecule has 0 unspecified atom stereocenters. The van der Waals surface area contributed by atoms with Gasteiger partial charge in [-0.2, -0.15) is 0 Å². The molecule has 0 bridgehead atoms. The zero-order valence-corrected chi connectivity index (χ0v) is 24.5. The van der Waals surface area contributed by atoms with Gasteiger partial charge in [-0.3, -0.25) is 9.97 Å². The molecule has 3 aromatic heterocycles. The second-order valence-corrected chi connectivity index (χ2v) is 11.7. The highest BCUT2D eigenvalue weighted by atomic mass is 79.9. The van der Waals surface area contributed by atoms with Gasteiger partial charge in [-0.1, -0.05) is 64.5 Å². The highest BCUT2D eigenvalue weighted by Crippen LogP contribution is 2.45. The van der Waals surface area contributed by atoms with Crippen molar-refractivity contribution < 1.29 is 0 Å². The summed E-state index contributed by atoms with van der Waals surface area (Å²) in [7, 11) is 0. The van der Waals surface area contributed by atoms with Crippen LogP contribution in [0, 0.1) is 0 Å². The Labute approximate surface area is 255 Å². The van der Waals surface area contributed by atoms with E-state index in [1.807, 2.05) is 49.1 Å². The van der Waals surface area contributed by atoms with Gasteiger partial charge >= 0.3 is 0 Å². The number of hydrogen-bond acceptors (Lipinski definition) is 3. The van der Waals surface area contributed by atoms with Crippen LogP contribution in [0.25, 0.3) is 59.8 Å². The minimum atomic E-state index is 1.04. The molecule has 0 N–H and O–H groups in total. The van der Waals surface area contributed by atoms with Crippen LogP contribution in [-0.4, -0.2) is 14.5 Å². The Morgan fingerprint density at radius 1 is 0.512 bits per heavy atom. The lowest BCUT2D eigenvalue weighted by Gasteiger charge is -2.25. The smallest absolute Gasteiger partial charge is 0.0620 e. The lowest BCUT2D eigenvalue weighted by molar-refractivity contribution is 1.18. The quantitative estimate of drug-likeness (QED) is 0.185. The van der Waals surface area contributed by atoms with Crippen LogP contribution in [0.3, 0.4) is 0 Å². The summed E-state index contributed by atoms with van der Waals surface area (Å²) in [4.78, 5) is 10.8. The first-order chi connectivity index (χ1) is 21.3. The zero-order valence-electron chi connectivity index (χ0n) is 22.9. The number of benzene rings is 6. The summed E-state index contributed by atoms with van der Waals surface area (Å²) in [5.74, 6) is 0. The van der Waals surface area contributed by atoms with E-state index in [0.29, 0.717) is 0 Å². The zero-order chi connectivity index (χ0) is 28.5. The maximum atomic E-state index is 4.27. The normalized spacial score (nSPS) is 11.8. The topological polar surface area (TPSA) is 34.0 Å². The van der Waals surface area contributed by atoms with Crippen LogP contribution in [0.1, 0.15) is 0 Å². The van der Waals surface area contributed by atoms with Crippen molar-refractivity contribution in [2.75, 3.05) is 4.90 Å². The van der Waals surface area contributed by atoms with E-state index in [9.17, 15) is 0 Å². The van der Waals surface area contributed by atoms with E-state index in [0.717, 1.165) is 27.2 Å². The van der Waals surface area contributed by atoms with Crippen molar-refractivity contribution in [3.05, 3.63) is 145 Å². The summed E-state index contributed by atoms with van der Waals surface area (Å²) >= 11 is 3.81. The number of hydrogen-bond donors (Lipinski definition) is 0. The van der Waals surface area contributed by atoms with E-state index in [-0.39, 0.29) is 0 Å². The van der Waals surface area contributed by atoms with Crippen molar-refractivity contribution in [1.82, 2.24) is 14.5 Å². The van der Waals surface area contributed by atoms with Gasteiger partial charge in [0.05, 0.1) is 11.0 Å². The van der Waals surface area contributed by atoms with Gasteiger partial charge in [0.2, 0.25) is 0 Å². The second-order valence-electron chi connectivity index (χ2n) is 10.9. The van der Waals surface area contributed by atoms with E-state index in [2.05, 4.69) is 126 Å². The fraction of sp³-hybridized carbons (Fsp3) is 0. The SMILES string of the molecule is Brc1ccc2ccc3c4c(ccc1c24)cc1c2cc(N(c4ccncc4)c4ccncc4)ccc2n(-c2ccccc2)c13. The molecule has 0 amide bonds. The maximum absolute atomic E-state index is 4.27. The Morgan fingerprint density at radius 3 is 1.91 bits per heavy atom. The van der Waals surface area contributed by atoms with E-state index < -0.39 is 0 Å². The molecule has 9 rings (SSSR count). The average molecular weight is 616 g/mol. The summed E-state index contributed by atoms with van der Waals surface area (Å²) in [6.07, 6.45) is 7.35. The lowest BCUT2D eigenvalue weighted by atomic mass is 9.92. The van der Waals surface area contributed by atoms with E-state index >= 15 is 0 Å². The molecule has 3 heterocycles. The number of anilines is 3. The third-order valence-electron chi connectivity index (χ3n) is 8.55. The van der Waals surface area contributed by atoms with Crippen LogP contribution in [0.15, 0.2) is 145 Å². The highest BCUT2D eigenvalue weighted by Gasteiger charge is 2.21. The molecule has 0 saturated carbocycles. The minimum absolute atomic E-state index is 1.04. The Morgan fingerprint density at radius 2 is 1.16 bits per heavy atom. The first-order valence-corrected chi connectivity index (χ1v) is 15.1. The molecule has 43 heavy (non-hydrogen) atoms. The Bertz CT molecular complexity index is 2410. The molecule has 0 fully saturated rings. The number of fused-ring (bicyclic) bond motifs is 4. The number of rotatable bonds is 4. The fourth-order valence-electron chi connectivity index (χ4n) is 6.74. The van der Waals surface area contributed by atoms with Gasteiger partial charge in [-0.05, 0) is 93.7 Å². The van der Waals surface area contributed by atoms with Crippen molar-refractivity contribution in [3.63, 3.8) is 0 Å². The summed E-state index contributed by atoms with van der Waals surface area (Å²) in [5.41, 5.74) is 6.70. The Hall–Kier alpha value is -5.26. The minimum Gasteiger partial charge on any atom is -0.310 e. The first kappa shape index (κ1) is 24.3. The third-order valence-corrected chi connectivity index (χ3v) is 9.24. The summed E-state index contributed by atoms with van der Waals surface area (Å²) in [6.45, 7) is 0. The van der Waals surface area contributed by atoms with Crippen molar-refractivity contribution >= 4 is 87.1 Å². The Kier molecular flexibility index (Phi) is 5.31. The standard InChI is InChI=1S/C38H23BrN4/c39-34-12-8-24-6-11-31-37-25(7-10-30(34)36(24)37)22-33-32-23-29(9-13-35(32)43(38(31)33)26-4-2-1-3-5-26)42(27-14-18-40-19-15-27)28-16-20-41-21-17-28/h1-23H. The molecule has 0 aliphatic heterocycles. The van der Waals surface area contributed by atoms with Crippen molar-refractivity contribution in [3.8, 4) is 5.69 Å². The van der Waals surface area contributed by atoms with E-state index in [1.54, 1.807) is 0 Å². The first-order valence-electron chi connectivity index (χ1n) is 14.3. The molecule has 0 aliphatic carbocycles. The Balaban J connectivity index is 1.42. The summed E-state index contributed by atoms with van der Waals surface area (Å²) in [5, 5.41) is 10.0. The fourth-order valence-corrected chi connectivity index (χ4v) is 7.21. The highest BCUT2D eigenvalue weighted by molar-refractivity contribution is 9.10. The largest absolute Gasteiger partial charge is 0.310 e. The van der Waals surface area contributed by atoms with E-state index in [4.69, 9.17) is 0 Å². The molecule has 0 atom stereocenters. The molecule has 0 aliphatic rings. The van der Waals surface area contributed by atoms with Gasteiger partial charge in [0, 0.05) is 68.2 Å². The van der Waals surface area contributed by atoms with Crippen molar-refractivity contribution in [2.24, 2.45) is 0 Å². The second kappa shape index (κ2) is 9.38. The van der Waals surface area contributed by atoms with Crippen LogP contribution >= 0.6 is 15.9 Å². The van der Waals surface area contributed by atoms with Gasteiger partial charge < -0.3 is 9.47 Å². The van der Waals surface area contributed by atoms with Crippen LogP contribution in [-0.2, 0) is 0 Å². The number of aromatic nitrogens is 3. The molecule has 0 radical (unpaired) electrons. The maximum Gasteiger partial charge on any atom is 0.0620 e.